The Morgan fingerprint density at radius 2 is 2.13 bits per heavy atom. The molecule has 0 radical (unpaired) electrons. The summed E-state index contributed by atoms with van der Waals surface area (Å²) in [6.07, 6.45) is -3.18. The van der Waals surface area contributed by atoms with E-state index in [1.807, 2.05) is 6.07 Å². The topological polar surface area (TPSA) is 113 Å². The van der Waals surface area contributed by atoms with Crippen molar-refractivity contribution in [1.29, 1.82) is 5.26 Å². The number of aldehydes is 1. The highest BCUT2D eigenvalue weighted by molar-refractivity contribution is 5.81. The number of halogens is 3. The van der Waals surface area contributed by atoms with E-state index < -0.39 is 12.1 Å². The van der Waals surface area contributed by atoms with Crippen LogP contribution in [-0.4, -0.2) is 42.9 Å². The molecule has 0 aliphatic carbocycles. The van der Waals surface area contributed by atoms with Gasteiger partial charge in [0.25, 0.3) is 0 Å². The number of nitrogens with zero attached hydrogens (tertiary/aromatic N) is 3. The van der Waals surface area contributed by atoms with Gasteiger partial charge in [-0.25, -0.2) is 0 Å². The molecule has 1 aromatic rings. The number of aliphatic imine (C=N–C) groups is 1. The third-order valence-electron chi connectivity index (χ3n) is 2.67. The third-order valence-corrected chi connectivity index (χ3v) is 2.67. The van der Waals surface area contributed by atoms with Gasteiger partial charge in [0.05, 0.1) is 17.6 Å². The summed E-state index contributed by atoms with van der Waals surface area (Å²) >= 11 is 0. The molecule has 10 heteroatoms. The van der Waals surface area contributed by atoms with Crippen LogP contribution in [0.4, 0.5) is 13.2 Å². The lowest BCUT2D eigenvalue weighted by Gasteiger charge is -2.11. The van der Waals surface area contributed by atoms with Crippen LogP contribution >= 0.6 is 0 Å². The summed E-state index contributed by atoms with van der Waals surface area (Å²) in [4.78, 5) is 24.7. The van der Waals surface area contributed by atoms with Gasteiger partial charge in [0, 0.05) is 25.8 Å². The van der Waals surface area contributed by atoms with E-state index in [4.69, 9.17) is 11.0 Å². The molecule has 3 N–H and O–H groups in total. The Kier molecular flexibility index (Phi) is 8.10. The van der Waals surface area contributed by atoms with Gasteiger partial charge < -0.3 is 15.6 Å². The molecule has 0 fully saturated rings. The van der Waals surface area contributed by atoms with Crippen molar-refractivity contribution in [3.8, 4) is 6.07 Å². The number of hydrogen-bond acceptors (Lipinski definition) is 4. The number of aromatic nitrogens is 1. The fraction of sp³-hybridized carbons (Fsp3) is 0.385. The van der Waals surface area contributed by atoms with Crippen LogP contribution in [0.5, 0.6) is 0 Å². The number of nitriles is 1. The maximum atomic E-state index is 11.9. The van der Waals surface area contributed by atoms with Crippen molar-refractivity contribution in [3.05, 3.63) is 23.0 Å². The number of rotatable bonds is 4. The highest BCUT2D eigenvalue weighted by Gasteiger charge is 2.38. The number of hydrogen-bond donors (Lipinski definition) is 2. The quantitative estimate of drug-likeness (QED) is 0.482. The highest BCUT2D eigenvalue weighted by Crippen LogP contribution is 2.15. The molecule has 0 saturated carbocycles. The van der Waals surface area contributed by atoms with Crippen LogP contribution in [0, 0.1) is 18.3 Å². The van der Waals surface area contributed by atoms with E-state index >= 15 is 0 Å². The monoisotopic (exact) mass is 331 g/mol. The molecule has 1 aromatic heterocycles. The first-order chi connectivity index (χ1) is 10.7. The number of carbonyl (C=O) groups is 2. The van der Waals surface area contributed by atoms with Crippen molar-refractivity contribution < 1.29 is 22.8 Å². The maximum Gasteiger partial charge on any atom is 0.471 e. The minimum atomic E-state index is -4.93. The molecule has 0 unspecified atom stereocenters. The molecule has 7 nitrogen and oxygen atoms in total. The molecule has 1 amide bonds. The zero-order valence-electron chi connectivity index (χ0n) is 12.5. The molecule has 0 spiro atoms. The Hall–Kier alpha value is -2.83. The van der Waals surface area contributed by atoms with E-state index in [-0.39, 0.29) is 24.3 Å². The van der Waals surface area contributed by atoms with Crippen molar-refractivity contribution in [2.75, 3.05) is 13.6 Å². The summed E-state index contributed by atoms with van der Waals surface area (Å²) in [5.74, 6) is -2.04. The predicted octanol–water partition coefficient (Wildman–Crippen LogP) is 0.762. The van der Waals surface area contributed by atoms with Gasteiger partial charge in [0.2, 0.25) is 0 Å². The number of nitrogens with two attached hydrogens (primary N) is 1. The number of amides is 1. The van der Waals surface area contributed by atoms with E-state index in [1.165, 1.54) is 17.0 Å². The van der Waals surface area contributed by atoms with Gasteiger partial charge in [0.1, 0.15) is 6.07 Å². The molecule has 126 valence electrons. The van der Waals surface area contributed by atoms with Crippen LogP contribution in [0.1, 0.15) is 21.7 Å². The lowest BCUT2D eigenvalue weighted by atomic mass is 10.3. The number of carbonyl (C=O) groups excluding carboxylic acids is 2. The Balaban J connectivity index is 0.00000108. The van der Waals surface area contributed by atoms with Gasteiger partial charge >= 0.3 is 12.1 Å². The Morgan fingerprint density at radius 1 is 1.57 bits per heavy atom. The molecule has 0 aromatic carbocycles. The first kappa shape index (κ1) is 20.2. The summed E-state index contributed by atoms with van der Waals surface area (Å²) in [5, 5.41) is 10.5. The molecule has 1 heterocycles. The lowest BCUT2D eigenvalue weighted by molar-refractivity contribution is -0.173. The minimum absolute atomic E-state index is 0.0244. The van der Waals surface area contributed by atoms with Crippen molar-refractivity contribution in [1.82, 2.24) is 9.88 Å². The molecule has 23 heavy (non-hydrogen) atoms. The second-order valence-electron chi connectivity index (χ2n) is 4.11. The van der Waals surface area contributed by atoms with E-state index in [1.54, 1.807) is 19.3 Å². The molecule has 1 rings (SSSR count). The summed E-state index contributed by atoms with van der Waals surface area (Å²) in [5.41, 5.74) is 5.64. The summed E-state index contributed by atoms with van der Waals surface area (Å²) in [7, 11) is 1.62. The van der Waals surface area contributed by atoms with Crippen molar-refractivity contribution in [3.63, 3.8) is 0 Å². The van der Waals surface area contributed by atoms with Crippen LogP contribution in [0.15, 0.2) is 11.1 Å². The molecular weight excluding hydrogens is 315 g/mol. The van der Waals surface area contributed by atoms with Crippen LogP contribution in [0.2, 0.25) is 0 Å². The standard InChI is InChI=1S/C11H10F3N3O2.C2H6N2/c1-7-8(5-15)4-9(6-18)17(7)3-2-16-10(19)11(12,13)14;1-4-2-3/h4,6H,2-3H2,1H3,(H,16,19);2H,1H3,(H2,3,4). The van der Waals surface area contributed by atoms with Gasteiger partial charge in [-0.05, 0) is 13.0 Å². The van der Waals surface area contributed by atoms with Crippen molar-refractivity contribution in [2.45, 2.75) is 19.6 Å². The molecule has 0 aliphatic heterocycles. The maximum absolute atomic E-state index is 11.9. The Bertz CT molecular complexity index is 610. The van der Waals surface area contributed by atoms with Crippen LogP contribution in [0.3, 0.4) is 0 Å². The lowest BCUT2D eigenvalue weighted by Crippen LogP contribution is -2.38. The SMILES string of the molecule is CN=CN.Cc1c(C#N)cc(C=O)n1CCNC(=O)C(F)(F)F. The fourth-order valence-electron chi connectivity index (χ4n) is 1.56. The van der Waals surface area contributed by atoms with Gasteiger partial charge in [-0.15, -0.1) is 0 Å². The molecular formula is C13H16F3N5O2. The predicted molar refractivity (Wildman–Crippen MR) is 76.9 cm³/mol. The minimum Gasteiger partial charge on any atom is -0.390 e. The highest BCUT2D eigenvalue weighted by atomic mass is 19.4. The third kappa shape index (κ3) is 6.21. The molecule has 0 bridgehead atoms. The van der Waals surface area contributed by atoms with E-state index in [0.29, 0.717) is 12.0 Å². The molecule has 0 saturated heterocycles. The summed E-state index contributed by atoms with van der Waals surface area (Å²) < 4.78 is 37.2. The first-order valence-electron chi connectivity index (χ1n) is 6.25. The average molecular weight is 331 g/mol. The molecule has 0 aliphatic rings. The Labute approximate surface area is 130 Å². The second-order valence-corrected chi connectivity index (χ2v) is 4.11. The fourth-order valence-corrected chi connectivity index (χ4v) is 1.56. The van der Waals surface area contributed by atoms with Crippen LogP contribution in [-0.2, 0) is 11.3 Å². The second kappa shape index (κ2) is 9.24. The average Bonchev–Trinajstić information content (AvgIpc) is 2.82. The van der Waals surface area contributed by atoms with Gasteiger partial charge in [0.15, 0.2) is 6.29 Å². The van der Waals surface area contributed by atoms with E-state index in [0.717, 1.165) is 0 Å². The normalized spacial score (nSPS) is 10.6. The Morgan fingerprint density at radius 3 is 2.52 bits per heavy atom. The number of alkyl halides is 3. The largest absolute Gasteiger partial charge is 0.471 e. The molecule has 0 atom stereocenters. The van der Waals surface area contributed by atoms with Crippen LogP contribution < -0.4 is 11.1 Å². The summed E-state index contributed by atoms with van der Waals surface area (Å²) in [6.45, 7) is 1.25. The zero-order valence-corrected chi connectivity index (χ0v) is 12.5. The van der Waals surface area contributed by atoms with Crippen LogP contribution in [0.25, 0.3) is 0 Å². The van der Waals surface area contributed by atoms with E-state index in [2.05, 4.69) is 4.99 Å². The van der Waals surface area contributed by atoms with Gasteiger partial charge in [-0.1, -0.05) is 0 Å². The van der Waals surface area contributed by atoms with Crippen molar-refractivity contribution in [2.24, 2.45) is 10.7 Å². The smallest absolute Gasteiger partial charge is 0.390 e. The van der Waals surface area contributed by atoms with Gasteiger partial charge in [-0.3, -0.25) is 14.6 Å². The zero-order chi connectivity index (χ0) is 18.0. The van der Waals surface area contributed by atoms with E-state index in [9.17, 15) is 22.8 Å². The summed E-state index contributed by atoms with van der Waals surface area (Å²) in [6, 6.07) is 3.21. The first-order valence-corrected chi connectivity index (χ1v) is 6.25. The number of nitrogens with one attached hydrogen (secondary N) is 1. The van der Waals surface area contributed by atoms with Crippen molar-refractivity contribution >= 4 is 18.5 Å². The van der Waals surface area contributed by atoms with Gasteiger partial charge in [-0.2, -0.15) is 18.4 Å².